The number of benzene rings is 1. The summed E-state index contributed by atoms with van der Waals surface area (Å²) < 4.78 is 0. The Bertz CT molecular complexity index is 629. The summed E-state index contributed by atoms with van der Waals surface area (Å²) in [5.74, 6) is 0. The molecule has 1 aromatic carbocycles. The lowest BCUT2D eigenvalue weighted by molar-refractivity contribution is 0.401. The largest absolute Gasteiger partial charge is 0.396 e. The van der Waals surface area contributed by atoms with Crippen molar-refractivity contribution in [1.29, 1.82) is 0 Å². The Hall–Kier alpha value is -1.07. The molecule has 114 valence electrons. The number of nitrogens with one attached hydrogen (secondary N) is 1. The number of nitrogen functional groups attached to an aromatic ring is 1. The van der Waals surface area contributed by atoms with Crippen molar-refractivity contribution in [1.82, 2.24) is 15.2 Å². The van der Waals surface area contributed by atoms with E-state index < -0.39 is 0 Å². The van der Waals surface area contributed by atoms with E-state index in [-0.39, 0.29) is 0 Å². The fraction of sp³-hybridized carbons (Fsp3) is 0.400. The fourth-order valence-corrected chi connectivity index (χ4v) is 2.58. The Morgan fingerprint density at radius 3 is 2.67 bits per heavy atom. The molecule has 0 unspecified atom stereocenters. The van der Waals surface area contributed by atoms with Crippen LogP contribution in [-0.4, -0.2) is 43.6 Å². The van der Waals surface area contributed by atoms with Crippen molar-refractivity contribution in [3.8, 4) is 0 Å². The lowest BCUT2D eigenvalue weighted by Gasteiger charge is -2.11. The summed E-state index contributed by atoms with van der Waals surface area (Å²) in [6.45, 7) is 2.85. The maximum atomic E-state index is 6.16. The minimum Gasteiger partial charge on any atom is -0.396 e. The van der Waals surface area contributed by atoms with Crippen LogP contribution in [0.4, 0.5) is 5.69 Å². The van der Waals surface area contributed by atoms with E-state index >= 15 is 0 Å². The molecule has 0 saturated heterocycles. The van der Waals surface area contributed by atoms with Gasteiger partial charge in [-0.05, 0) is 32.3 Å². The molecule has 2 rings (SSSR count). The molecule has 1 heterocycles. The Morgan fingerprint density at radius 2 is 1.95 bits per heavy atom. The van der Waals surface area contributed by atoms with E-state index in [4.69, 9.17) is 28.9 Å². The maximum absolute atomic E-state index is 6.16. The number of halogens is 2. The highest BCUT2D eigenvalue weighted by molar-refractivity contribution is 6.40. The van der Waals surface area contributed by atoms with Gasteiger partial charge in [0, 0.05) is 37.1 Å². The Morgan fingerprint density at radius 1 is 1.19 bits per heavy atom. The number of anilines is 1. The van der Waals surface area contributed by atoms with Gasteiger partial charge >= 0.3 is 0 Å². The van der Waals surface area contributed by atoms with Gasteiger partial charge in [-0.25, -0.2) is 0 Å². The van der Waals surface area contributed by atoms with E-state index in [9.17, 15) is 0 Å². The van der Waals surface area contributed by atoms with Crippen LogP contribution >= 0.6 is 23.2 Å². The average Bonchev–Trinajstić information content (AvgIpc) is 2.44. The molecule has 4 nitrogen and oxygen atoms in total. The van der Waals surface area contributed by atoms with Crippen molar-refractivity contribution >= 4 is 39.8 Å². The van der Waals surface area contributed by atoms with Gasteiger partial charge in [-0.3, -0.25) is 4.98 Å². The number of likely N-dealkylation sites (N-methyl/N-ethyl adjacent to an activating group) is 1. The van der Waals surface area contributed by atoms with E-state index in [1.807, 2.05) is 12.1 Å². The number of rotatable bonds is 6. The first kappa shape index (κ1) is 16.3. The quantitative estimate of drug-likeness (QED) is 0.633. The minimum atomic E-state index is 0.446. The predicted molar refractivity (Wildman–Crippen MR) is 91.3 cm³/mol. The number of hydrogen-bond acceptors (Lipinski definition) is 4. The lowest BCUT2D eigenvalue weighted by atomic mass is 10.1. The zero-order chi connectivity index (χ0) is 15.4. The summed E-state index contributed by atoms with van der Waals surface area (Å²) in [6, 6.07) is 5.59. The molecule has 0 saturated carbocycles. The third-order valence-electron chi connectivity index (χ3n) is 3.27. The van der Waals surface area contributed by atoms with E-state index in [2.05, 4.69) is 29.3 Å². The summed E-state index contributed by atoms with van der Waals surface area (Å²) in [5, 5.41) is 5.24. The van der Waals surface area contributed by atoms with E-state index in [1.165, 1.54) is 0 Å². The van der Waals surface area contributed by atoms with Gasteiger partial charge in [-0.2, -0.15) is 0 Å². The van der Waals surface area contributed by atoms with Crippen LogP contribution in [0.5, 0.6) is 0 Å². The molecule has 0 aliphatic carbocycles. The van der Waals surface area contributed by atoms with Crippen LogP contribution in [0.15, 0.2) is 18.2 Å². The number of pyridine rings is 1. The number of nitrogens with zero attached hydrogens (tertiary/aromatic N) is 2. The van der Waals surface area contributed by atoms with Gasteiger partial charge < -0.3 is 16.0 Å². The SMILES string of the molecule is CN(C)CCNCCc1ccc2c(Cl)cc(Cl)c(N)c2n1. The van der Waals surface area contributed by atoms with E-state index in [0.29, 0.717) is 21.2 Å². The highest BCUT2D eigenvalue weighted by atomic mass is 35.5. The molecule has 21 heavy (non-hydrogen) atoms. The Kier molecular flexibility index (Phi) is 5.65. The van der Waals surface area contributed by atoms with Gasteiger partial charge in [0.15, 0.2) is 0 Å². The monoisotopic (exact) mass is 326 g/mol. The highest BCUT2D eigenvalue weighted by Gasteiger charge is 2.09. The molecular weight excluding hydrogens is 307 g/mol. The third kappa shape index (κ3) is 4.20. The van der Waals surface area contributed by atoms with Crippen molar-refractivity contribution in [3.05, 3.63) is 33.9 Å². The second-order valence-corrected chi connectivity index (χ2v) is 6.07. The molecule has 0 bridgehead atoms. The molecule has 6 heteroatoms. The average molecular weight is 327 g/mol. The number of nitrogens with two attached hydrogens (primary N) is 1. The summed E-state index contributed by atoms with van der Waals surface area (Å²) in [7, 11) is 4.12. The van der Waals surface area contributed by atoms with Crippen LogP contribution in [0.3, 0.4) is 0 Å². The lowest BCUT2D eigenvalue weighted by Crippen LogP contribution is -2.28. The fourth-order valence-electron chi connectivity index (χ4n) is 2.06. The highest BCUT2D eigenvalue weighted by Crippen LogP contribution is 2.33. The van der Waals surface area contributed by atoms with Gasteiger partial charge in [0.1, 0.15) is 0 Å². The van der Waals surface area contributed by atoms with Crippen molar-refractivity contribution in [2.75, 3.05) is 39.5 Å². The maximum Gasteiger partial charge on any atom is 0.0964 e. The molecular formula is C15H20Cl2N4. The number of hydrogen-bond donors (Lipinski definition) is 2. The smallest absolute Gasteiger partial charge is 0.0964 e. The topological polar surface area (TPSA) is 54.2 Å². The van der Waals surface area contributed by atoms with Crippen molar-refractivity contribution in [2.24, 2.45) is 0 Å². The second kappa shape index (κ2) is 7.27. The molecule has 0 radical (unpaired) electrons. The zero-order valence-corrected chi connectivity index (χ0v) is 13.8. The van der Waals surface area contributed by atoms with Crippen LogP contribution in [-0.2, 0) is 6.42 Å². The van der Waals surface area contributed by atoms with Crippen LogP contribution in [0.1, 0.15) is 5.69 Å². The molecule has 0 aliphatic rings. The summed E-state index contributed by atoms with van der Waals surface area (Å²) in [6.07, 6.45) is 0.840. The Balaban J connectivity index is 2.07. The summed E-state index contributed by atoms with van der Waals surface area (Å²) in [5.41, 5.74) is 8.13. The predicted octanol–water partition coefficient (Wildman–Crippen LogP) is 2.82. The van der Waals surface area contributed by atoms with Crippen LogP contribution in [0, 0.1) is 0 Å². The molecule has 0 amide bonds. The first-order valence-electron chi connectivity index (χ1n) is 6.87. The first-order valence-corrected chi connectivity index (χ1v) is 7.63. The van der Waals surface area contributed by atoms with Gasteiger partial charge in [0.05, 0.1) is 21.2 Å². The summed E-state index contributed by atoms with van der Waals surface area (Å²) >= 11 is 12.2. The van der Waals surface area contributed by atoms with Gasteiger partial charge in [0.25, 0.3) is 0 Å². The van der Waals surface area contributed by atoms with Crippen LogP contribution in [0.2, 0.25) is 10.0 Å². The van der Waals surface area contributed by atoms with Crippen molar-refractivity contribution < 1.29 is 0 Å². The van der Waals surface area contributed by atoms with Crippen molar-refractivity contribution in [2.45, 2.75) is 6.42 Å². The second-order valence-electron chi connectivity index (χ2n) is 5.26. The van der Waals surface area contributed by atoms with Crippen LogP contribution < -0.4 is 11.1 Å². The molecule has 0 spiro atoms. The van der Waals surface area contributed by atoms with Gasteiger partial charge in [0.2, 0.25) is 0 Å². The minimum absolute atomic E-state index is 0.446. The third-order valence-corrected chi connectivity index (χ3v) is 3.90. The van der Waals surface area contributed by atoms with Crippen LogP contribution in [0.25, 0.3) is 10.9 Å². The molecule has 0 atom stereocenters. The number of aromatic nitrogens is 1. The van der Waals surface area contributed by atoms with Gasteiger partial charge in [-0.15, -0.1) is 0 Å². The standard InChI is InChI=1S/C15H20Cl2N4/c1-21(2)8-7-19-6-5-10-3-4-11-12(16)9-13(17)14(18)15(11)20-10/h3-4,9,19H,5-8,18H2,1-2H3. The molecule has 1 aromatic heterocycles. The summed E-state index contributed by atoms with van der Waals surface area (Å²) in [4.78, 5) is 6.73. The Labute approximate surface area is 135 Å². The molecule has 2 aromatic rings. The van der Waals surface area contributed by atoms with Crippen molar-refractivity contribution in [3.63, 3.8) is 0 Å². The van der Waals surface area contributed by atoms with E-state index in [1.54, 1.807) is 6.07 Å². The molecule has 3 N–H and O–H groups in total. The van der Waals surface area contributed by atoms with E-state index in [0.717, 1.165) is 37.1 Å². The zero-order valence-electron chi connectivity index (χ0n) is 12.3. The number of fused-ring (bicyclic) bond motifs is 1. The van der Waals surface area contributed by atoms with Gasteiger partial charge in [-0.1, -0.05) is 23.2 Å². The first-order chi connectivity index (χ1) is 9.99. The molecule has 0 fully saturated rings. The molecule has 0 aliphatic heterocycles. The normalized spacial score (nSPS) is 11.5.